The molecule has 3 rings (SSSR count). The standard InChI is InChI=1S/C20H24N2O3/c1-15-11-12-22(13-18(15)23)14-20(24)21-17-9-5-6-10-19(17)25-16-7-3-2-4-8-16/h2-10,15,18,23H,11-14H2,1H3,(H,21,24). The minimum atomic E-state index is -0.366. The molecule has 5 nitrogen and oxygen atoms in total. The minimum absolute atomic E-state index is 0.106. The van der Waals surface area contributed by atoms with Crippen LogP contribution in [-0.4, -0.2) is 41.7 Å². The Morgan fingerprint density at radius 3 is 2.68 bits per heavy atom. The molecule has 0 aromatic heterocycles. The van der Waals surface area contributed by atoms with Crippen molar-refractivity contribution in [1.82, 2.24) is 4.90 Å². The van der Waals surface area contributed by atoms with Gasteiger partial charge in [0, 0.05) is 6.54 Å². The van der Waals surface area contributed by atoms with Crippen LogP contribution in [0.4, 0.5) is 5.69 Å². The Morgan fingerprint density at radius 2 is 1.92 bits per heavy atom. The quantitative estimate of drug-likeness (QED) is 0.878. The monoisotopic (exact) mass is 340 g/mol. The fourth-order valence-corrected chi connectivity index (χ4v) is 2.93. The number of hydrogen-bond donors (Lipinski definition) is 2. The van der Waals surface area contributed by atoms with Gasteiger partial charge in [0.2, 0.25) is 5.91 Å². The van der Waals surface area contributed by atoms with Gasteiger partial charge in [-0.15, -0.1) is 0 Å². The van der Waals surface area contributed by atoms with Gasteiger partial charge in [-0.05, 0) is 43.1 Å². The molecule has 0 saturated carbocycles. The van der Waals surface area contributed by atoms with E-state index in [4.69, 9.17) is 4.74 Å². The highest BCUT2D eigenvalue weighted by molar-refractivity contribution is 5.93. The van der Waals surface area contributed by atoms with Gasteiger partial charge in [-0.2, -0.15) is 0 Å². The summed E-state index contributed by atoms with van der Waals surface area (Å²) < 4.78 is 5.86. The van der Waals surface area contributed by atoms with Crippen LogP contribution in [0.1, 0.15) is 13.3 Å². The van der Waals surface area contributed by atoms with Gasteiger partial charge in [-0.3, -0.25) is 9.69 Å². The summed E-state index contributed by atoms with van der Waals surface area (Å²) in [5.74, 6) is 1.51. The molecule has 0 bridgehead atoms. The first kappa shape index (κ1) is 17.5. The lowest BCUT2D eigenvalue weighted by Gasteiger charge is -2.33. The molecule has 0 spiro atoms. The van der Waals surface area contributed by atoms with Crippen LogP contribution in [0.5, 0.6) is 11.5 Å². The number of aliphatic hydroxyl groups is 1. The number of rotatable bonds is 5. The zero-order valence-corrected chi connectivity index (χ0v) is 14.4. The molecule has 2 unspecified atom stereocenters. The third-order valence-electron chi connectivity index (χ3n) is 4.50. The van der Waals surface area contributed by atoms with Gasteiger partial charge in [0.15, 0.2) is 5.75 Å². The van der Waals surface area contributed by atoms with E-state index in [1.54, 1.807) is 0 Å². The molecule has 1 saturated heterocycles. The Morgan fingerprint density at radius 1 is 1.20 bits per heavy atom. The maximum absolute atomic E-state index is 12.4. The van der Waals surface area contributed by atoms with E-state index in [1.165, 1.54) is 0 Å². The molecular weight excluding hydrogens is 316 g/mol. The number of benzene rings is 2. The fourth-order valence-electron chi connectivity index (χ4n) is 2.93. The number of nitrogens with one attached hydrogen (secondary N) is 1. The van der Waals surface area contributed by atoms with Crippen molar-refractivity contribution in [2.24, 2.45) is 5.92 Å². The zero-order chi connectivity index (χ0) is 17.6. The number of nitrogens with zero attached hydrogens (tertiary/aromatic N) is 1. The van der Waals surface area contributed by atoms with Crippen LogP contribution >= 0.6 is 0 Å². The lowest BCUT2D eigenvalue weighted by molar-refractivity contribution is -0.118. The average molecular weight is 340 g/mol. The Labute approximate surface area is 148 Å². The molecule has 0 radical (unpaired) electrons. The van der Waals surface area contributed by atoms with Crippen molar-refractivity contribution >= 4 is 11.6 Å². The summed E-state index contributed by atoms with van der Waals surface area (Å²) in [4.78, 5) is 14.4. The number of hydrogen-bond acceptors (Lipinski definition) is 4. The molecule has 2 aromatic rings. The number of likely N-dealkylation sites (tertiary alicyclic amines) is 1. The molecule has 25 heavy (non-hydrogen) atoms. The Bertz CT molecular complexity index is 705. The van der Waals surface area contributed by atoms with E-state index in [1.807, 2.05) is 66.4 Å². The van der Waals surface area contributed by atoms with Crippen molar-refractivity contribution in [3.05, 3.63) is 54.6 Å². The van der Waals surface area contributed by atoms with E-state index in [0.29, 0.717) is 23.9 Å². The summed E-state index contributed by atoms with van der Waals surface area (Å²) in [6.07, 6.45) is 0.539. The van der Waals surface area contributed by atoms with Crippen LogP contribution in [0.15, 0.2) is 54.6 Å². The lowest BCUT2D eigenvalue weighted by atomic mass is 9.96. The summed E-state index contributed by atoms with van der Waals surface area (Å²) in [6.45, 7) is 3.67. The van der Waals surface area contributed by atoms with E-state index >= 15 is 0 Å². The van der Waals surface area contributed by atoms with Crippen molar-refractivity contribution in [2.45, 2.75) is 19.4 Å². The van der Waals surface area contributed by atoms with Crippen molar-refractivity contribution < 1.29 is 14.6 Å². The fraction of sp³-hybridized carbons (Fsp3) is 0.350. The Hall–Kier alpha value is -2.37. The van der Waals surface area contributed by atoms with Crippen LogP contribution in [0.3, 0.4) is 0 Å². The van der Waals surface area contributed by atoms with Gasteiger partial charge < -0.3 is 15.2 Å². The molecule has 1 heterocycles. The van der Waals surface area contributed by atoms with Crippen LogP contribution < -0.4 is 10.1 Å². The molecule has 5 heteroatoms. The molecule has 2 N–H and O–H groups in total. The molecule has 1 aliphatic rings. The summed E-state index contributed by atoms with van der Waals surface area (Å²) in [5, 5.41) is 12.9. The molecule has 2 aromatic carbocycles. The van der Waals surface area contributed by atoms with Gasteiger partial charge in [0.25, 0.3) is 0 Å². The largest absolute Gasteiger partial charge is 0.455 e. The van der Waals surface area contributed by atoms with Crippen LogP contribution in [-0.2, 0) is 4.79 Å². The maximum Gasteiger partial charge on any atom is 0.238 e. The minimum Gasteiger partial charge on any atom is -0.455 e. The third-order valence-corrected chi connectivity index (χ3v) is 4.50. The number of β-amino-alcohol motifs (C(OH)–C–C–N with tert-alkyl or cyclic N) is 1. The zero-order valence-electron chi connectivity index (χ0n) is 14.4. The Kier molecular flexibility index (Phi) is 5.68. The van der Waals surface area contributed by atoms with Crippen molar-refractivity contribution in [2.75, 3.05) is 25.0 Å². The second kappa shape index (κ2) is 8.14. The van der Waals surface area contributed by atoms with E-state index in [-0.39, 0.29) is 18.6 Å². The Balaban J connectivity index is 1.62. The molecule has 1 aliphatic heterocycles. The van der Waals surface area contributed by atoms with Crippen LogP contribution in [0.2, 0.25) is 0 Å². The first-order valence-corrected chi connectivity index (χ1v) is 8.64. The number of carbonyl (C=O) groups excluding carboxylic acids is 1. The molecule has 132 valence electrons. The number of amides is 1. The number of aliphatic hydroxyl groups excluding tert-OH is 1. The van der Waals surface area contributed by atoms with E-state index in [2.05, 4.69) is 5.32 Å². The maximum atomic E-state index is 12.4. The summed E-state index contributed by atoms with van der Waals surface area (Å²) in [7, 11) is 0. The summed E-state index contributed by atoms with van der Waals surface area (Å²) in [6, 6.07) is 16.9. The summed E-state index contributed by atoms with van der Waals surface area (Å²) in [5.41, 5.74) is 0.641. The van der Waals surface area contributed by atoms with Gasteiger partial charge in [0.05, 0.1) is 18.3 Å². The van der Waals surface area contributed by atoms with E-state index < -0.39 is 0 Å². The smallest absolute Gasteiger partial charge is 0.238 e. The van der Waals surface area contributed by atoms with Crippen LogP contribution in [0, 0.1) is 5.92 Å². The topological polar surface area (TPSA) is 61.8 Å². The SMILES string of the molecule is CC1CCN(CC(=O)Nc2ccccc2Oc2ccccc2)CC1O. The first-order valence-electron chi connectivity index (χ1n) is 8.64. The number of carbonyl (C=O) groups is 1. The lowest BCUT2D eigenvalue weighted by Crippen LogP contribution is -2.45. The van der Waals surface area contributed by atoms with Gasteiger partial charge in [-0.25, -0.2) is 0 Å². The second-order valence-corrected chi connectivity index (χ2v) is 6.53. The van der Waals surface area contributed by atoms with E-state index in [0.717, 1.165) is 18.7 Å². The van der Waals surface area contributed by atoms with Crippen molar-refractivity contribution in [3.8, 4) is 11.5 Å². The predicted molar refractivity (Wildman–Crippen MR) is 97.8 cm³/mol. The van der Waals surface area contributed by atoms with E-state index in [9.17, 15) is 9.90 Å². The third kappa shape index (κ3) is 4.81. The molecule has 1 fully saturated rings. The average Bonchev–Trinajstić information content (AvgIpc) is 2.61. The predicted octanol–water partition coefficient (Wildman–Crippen LogP) is 3.12. The number of para-hydroxylation sites is 3. The highest BCUT2D eigenvalue weighted by Crippen LogP contribution is 2.29. The second-order valence-electron chi connectivity index (χ2n) is 6.53. The van der Waals surface area contributed by atoms with Gasteiger partial charge in [-0.1, -0.05) is 37.3 Å². The highest BCUT2D eigenvalue weighted by atomic mass is 16.5. The normalized spacial score (nSPS) is 20.9. The molecule has 0 aliphatic carbocycles. The van der Waals surface area contributed by atoms with Crippen molar-refractivity contribution in [1.29, 1.82) is 0 Å². The first-order chi connectivity index (χ1) is 12.1. The molecule has 2 atom stereocenters. The van der Waals surface area contributed by atoms with Gasteiger partial charge >= 0.3 is 0 Å². The molecule has 1 amide bonds. The van der Waals surface area contributed by atoms with Gasteiger partial charge in [0.1, 0.15) is 5.75 Å². The van der Waals surface area contributed by atoms with Crippen LogP contribution in [0.25, 0.3) is 0 Å². The van der Waals surface area contributed by atoms with Crippen molar-refractivity contribution in [3.63, 3.8) is 0 Å². The number of anilines is 1. The highest BCUT2D eigenvalue weighted by Gasteiger charge is 2.25. The number of ether oxygens (including phenoxy) is 1. The molecular formula is C20H24N2O3. The summed E-state index contributed by atoms with van der Waals surface area (Å²) >= 11 is 0. The number of piperidine rings is 1.